The number of amides is 1. The number of piperidine rings is 1. The van der Waals surface area contributed by atoms with Gasteiger partial charge in [-0.2, -0.15) is 0 Å². The maximum absolute atomic E-state index is 14.4. The van der Waals surface area contributed by atoms with Crippen LogP contribution in [-0.2, 0) is 42.9 Å². The van der Waals surface area contributed by atoms with Gasteiger partial charge in [0, 0.05) is 46.1 Å². The Hall–Kier alpha value is -2.78. The van der Waals surface area contributed by atoms with Gasteiger partial charge in [0.2, 0.25) is 5.79 Å². The number of carbonyl (C=O) groups excluding carboxylic acids is 4. The summed E-state index contributed by atoms with van der Waals surface area (Å²) in [6.45, 7) is 14.9. The van der Waals surface area contributed by atoms with Crippen LogP contribution in [0.3, 0.4) is 0 Å². The van der Waals surface area contributed by atoms with Crippen molar-refractivity contribution in [2.45, 2.75) is 166 Å². The van der Waals surface area contributed by atoms with Crippen LogP contribution in [0.2, 0.25) is 0 Å². The summed E-state index contributed by atoms with van der Waals surface area (Å²) in [5, 5.41) is 34.3. The number of hydrogen-bond donors (Lipinski definition) is 3. The Morgan fingerprint density at radius 2 is 1.60 bits per heavy atom. The van der Waals surface area contributed by atoms with Gasteiger partial charge in [-0.25, -0.2) is 4.79 Å². The molecule has 2 bridgehead atoms. The van der Waals surface area contributed by atoms with E-state index in [1.807, 2.05) is 26.0 Å². The molecule has 3 aliphatic heterocycles. The minimum Gasteiger partial charge on any atom is -0.456 e. The first kappa shape index (κ1) is 47.9. The summed E-state index contributed by atoms with van der Waals surface area (Å²) in [4.78, 5) is 58.1. The van der Waals surface area contributed by atoms with Gasteiger partial charge >= 0.3 is 5.97 Å². The van der Waals surface area contributed by atoms with Crippen LogP contribution >= 0.6 is 0 Å². The summed E-state index contributed by atoms with van der Waals surface area (Å²) < 4.78 is 30.2. The fourth-order valence-corrected chi connectivity index (χ4v) is 9.84. The molecule has 328 valence electrons. The van der Waals surface area contributed by atoms with E-state index in [0.29, 0.717) is 62.5 Å². The first-order chi connectivity index (χ1) is 27.3. The summed E-state index contributed by atoms with van der Waals surface area (Å²) in [6, 6.07) is -1.15. The van der Waals surface area contributed by atoms with Crippen molar-refractivity contribution in [2.24, 2.45) is 29.6 Å². The van der Waals surface area contributed by atoms with Crippen molar-refractivity contribution in [3.05, 3.63) is 36.0 Å². The molecule has 14 atom stereocenters. The smallest absolute Gasteiger partial charge is 0.329 e. The number of aliphatic hydroxyl groups excluding tert-OH is 2. The van der Waals surface area contributed by atoms with E-state index in [9.17, 15) is 34.5 Å². The Kier molecular flexibility index (Phi) is 17.1. The van der Waals surface area contributed by atoms with Crippen LogP contribution in [-0.4, -0.2) is 126 Å². The maximum Gasteiger partial charge on any atom is 0.329 e. The van der Waals surface area contributed by atoms with Gasteiger partial charge in [-0.1, -0.05) is 45.9 Å². The molecule has 3 fully saturated rings. The Morgan fingerprint density at radius 3 is 2.24 bits per heavy atom. The molecule has 4 aliphatic rings. The van der Waals surface area contributed by atoms with Crippen molar-refractivity contribution in [3.63, 3.8) is 0 Å². The third kappa shape index (κ3) is 10.7. The topological polar surface area (TPSA) is 178 Å². The number of fused-ring (bicyclic) bond motifs is 3. The molecule has 4 rings (SSSR count). The van der Waals surface area contributed by atoms with Gasteiger partial charge in [0.15, 0.2) is 5.78 Å². The van der Waals surface area contributed by atoms with Gasteiger partial charge in [-0.05, 0) is 107 Å². The first-order valence-electron chi connectivity index (χ1n) is 21.3. The van der Waals surface area contributed by atoms with Crippen molar-refractivity contribution < 1.29 is 58.2 Å². The largest absolute Gasteiger partial charge is 0.456 e. The predicted molar refractivity (Wildman–Crippen MR) is 217 cm³/mol. The van der Waals surface area contributed by atoms with E-state index in [1.54, 1.807) is 34.0 Å². The molecule has 13 heteroatoms. The minimum atomic E-state index is -2.55. The Bertz CT molecular complexity index is 1530. The second kappa shape index (κ2) is 20.7. The van der Waals surface area contributed by atoms with E-state index in [0.717, 1.165) is 0 Å². The fourth-order valence-electron chi connectivity index (χ4n) is 9.84. The van der Waals surface area contributed by atoms with Crippen LogP contribution in [0.15, 0.2) is 36.0 Å². The molecule has 0 aromatic heterocycles. The van der Waals surface area contributed by atoms with Gasteiger partial charge in [0.05, 0.1) is 30.5 Å². The van der Waals surface area contributed by atoms with Crippen molar-refractivity contribution in [1.29, 1.82) is 0 Å². The quantitative estimate of drug-likeness (QED) is 0.178. The molecule has 0 spiro atoms. The highest BCUT2D eigenvalue weighted by Gasteiger charge is 2.61. The molecule has 0 aromatic carbocycles. The van der Waals surface area contributed by atoms with E-state index < -0.39 is 77.4 Å². The van der Waals surface area contributed by atoms with Crippen LogP contribution in [0.25, 0.3) is 0 Å². The number of aliphatic hydroxyl groups is 3. The fraction of sp³-hybridized carbons (Fsp3) is 0.778. The molecular formula is C45H71NO12. The van der Waals surface area contributed by atoms with Crippen LogP contribution < -0.4 is 0 Å². The Morgan fingerprint density at radius 1 is 0.931 bits per heavy atom. The van der Waals surface area contributed by atoms with Crippen LogP contribution in [0, 0.1) is 29.6 Å². The third-order valence-electron chi connectivity index (χ3n) is 13.4. The number of rotatable bonds is 7. The number of nitrogens with zero attached hydrogens (tertiary/aromatic N) is 1. The number of methoxy groups -OCH3 is 3. The third-order valence-corrected chi connectivity index (χ3v) is 13.4. The van der Waals surface area contributed by atoms with Crippen molar-refractivity contribution in [1.82, 2.24) is 4.90 Å². The van der Waals surface area contributed by atoms with E-state index >= 15 is 0 Å². The Labute approximate surface area is 345 Å². The van der Waals surface area contributed by atoms with Gasteiger partial charge in [-0.15, -0.1) is 6.58 Å². The summed E-state index contributed by atoms with van der Waals surface area (Å²) in [5.74, 6) is -7.44. The monoisotopic (exact) mass is 817 g/mol. The van der Waals surface area contributed by atoms with E-state index in [1.165, 1.54) is 19.1 Å². The van der Waals surface area contributed by atoms with Gasteiger partial charge in [-0.3, -0.25) is 14.4 Å². The van der Waals surface area contributed by atoms with E-state index in [-0.39, 0.29) is 55.4 Å². The Balaban J connectivity index is 1.80. The number of hydrogen-bond acceptors (Lipinski definition) is 12. The summed E-state index contributed by atoms with van der Waals surface area (Å²) in [7, 11) is 4.63. The summed E-state index contributed by atoms with van der Waals surface area (Å²) in [5.41, 5.74) is -0.187. The number of cyclic esters (lactones) is 1. The highest BCUT2D eigenvalue weighted by atomic mass is 16.7. The first-order valence-corrected chi connectivity index (χ1v) is 21.3. The van der Waals surface area contributed by atoms with Crippen LogP contribution in [0.5, 0.6) is 0 Å². The molecule has 3 heterocycles. The summed E-state index contributed by atoms with van der Waals surface area (Å²) in [6.07, 6.45) is 5.59. The van der Waals surface area contributed by atoms with Crippen molar-refractivity contribution in [3.8, 4) is 0 Å². The van der Waals surface area contributed by atoms with E-state index in [4.69, 9.17) is 23.7 Å². The molecule has 58 heavy (non-hydrogen) atoms. The molecule has 3 N–H and O–H groups in total. The number of esters is 1. The molecule has 2 saturated heterocycles. The number of allylic oxidation sites excluding steroid dienone is 4. The molecule has 1 amide bonds. The van der Waals surface area contributed by atoms with Crippen molar-refractivity contribution in [2.75, 3.05) is 27.9 Å². The highest BCUT2D eigenvalue weighted by molar-refractivity contribution is 6.39. The van der Waals surface area contributed by atoms with Gasteiger partial charge in [0.1, 0.15) is 17.7 Å². The number of ketones is 2. The second-order valence-corrected chi connectivity index (χ2v) is 17.9. The summed E-state index contributed by atoms with van der Waals surface area (Å²) >= 11 is 0. The van der Waals surface area contributed by atoms with E-state index in [2.05, 4.69) is 13.5 Å². The standard InChI is InChI=1S/C45H71NO12/c1-11-14-32-20-26(2)19-27(3)21-38(55-9)44(7)39(56-10)23-29(5)45(53,58-44)41(50)42(51)46-18-13-12-15-33(46)43(52)57-40(30(6)35(48)25-36(32)49)28(4)22-31-16-17-34(47)37(24-31)54-8/h11,20,22,26-27,29-31,33-35,37-40,47-48,53H,1,12-19,21,23-25H2,2-10H3/b28-22?,32-20+. The second-order valence-electron chi connectivity index (χ2n) is 17.9. The number of Topliss-reactive ketones (excluding diaryl/α,β-unsaturated/α-hetero) is 2. The SMILES string of the molecule is C=CC/C1=C\C(C)CC(C)CC(OC)C2(C)OC(O)(C(=O)C(=O)N3CCCCC3C(=O)OC(C(C)=CC3CCC(O)C(OC)C3)C(C)C(O)CC1=O)C(C)CC2OC. The zero-order valence-corrected chi connectivity index (χ0v) is 36.3. The average molecular weight is 818 g/mol. The van der Waals surface area contributed by atoms with Crippen LogP contribution in [0.4, 0.5) is 0 Å². The lowest BCUT2D eigenvalue weighted by molar-refractivity contribution is -0.339. The maximum atomic E-state index is 14.4. The average Bonchev–Trinajstić information content (AvgIpc) is 3.19. The number of ether oxygens (including phenoxy) is 5. The van der Waals surface area contributed by atoms with Crippen molar-refractivity contribution >= 4 is 23.4 Å². The molecule has 0 radical (unpaired) electrons. The van der Waals surface area contributed by atoms with Crippen LogP contribution in [0.1, 0.15) is 112 Å². The minimum absolute atomic E-state index is 0.0121. The molecule has 14 unspecified atom stereocenters. The molecular weight excluding hydrogens is 746 g/mol. The predicted octanol–water partition coefficient (Wildman–Crippen LogP) is 5.03. The highest BCUT2D eigenvalue weighted by Crippen LogP contribution is 2.45. The zero-order chi connectivity index (χ0) is 43.1. The number of carbonyl (C=O) groups is 4. The molecule has 13 nitrogen and oxygen atoms in total. The normalized spacial score (nSPS) is 41.8. The van der Waals surface area contributed by atoms with Gasteiger partial charge in [0.25, 0.3) is 11.7 Å². The molecule has 1 saturated carbocycles. The lowest BCUT2D eigenvalue weighted by Crippen LogP contribution is -2.69. The lowest BCUT2D eigenvalue weighted by atomic mass is 9.75. The zero-order valence-electron chi connectivity index (χ0n) is 36.3. The van der Waals surface area contributed by atoms with Gasteiger partial charge < -0.3 is 43.9 Å². The lowest BCUT2D eigenvalue weighted by Gasteiger charge is -2.53. The molecule has 1 aliphatic carbocycles. The molecule has 0 aromatic rings.